The lowest BCUT2D eigenvalue weighted by molar-refractivity contribution is -0.870. The van der Waals surface area contributed by atoms with Gasteiger partial charge in [0.05, 0.1) is 39.9 Å². The van der Waals surface area contributed by atoms with Crippen molar-refractivity contribution in [1.82, 2.24) is 5.32 Å². The van der Waals surface area contributed by atoms with E-state index < -0.39 is 20.0 Å². The zero-order chi connectivity index (χ0) is 40.0. The largest absolute Gasteiger partial charge is 0.756 e. The van der Waals surface area contributed by atoms with Crippen molar-refractivity contribution in [2.75, 3.05) is 40.9 Å². The Bertz CT molecular complexity index is 896. The first-order valence-electron chi connectivity index (χ1n) is 23.1. The lowest BCUT2D eigenvalue weighted by atomic mass is 10.0. The third-order valence-corrected chi connectivity index (χ3v) is 11.5. The molecule has 0 spiro atoms. The van der Waals surface area contributed by atoms with Gasteiger partial charge in [-0.2, -0.15) is 0 Å². The number of quaternary nitrogens is 1. The molecule has 0 aliphatic carbocycles. The standard InChI is InChI=1S/C45H91N2O6P/c1-6-8-10-12-14-16-18-20-21-22-23-24-25-26-27-29-31-33-35-37-39-45(49)46-43(42-53-54(50,51)52-41-40-47(3,4)5)44(48)38-36-34-32-30-28-19-17-15-13-11-9-7-2/h36,38,43-44,48H,6-35,37,39-42H2,1-5H3,(H-,46,49,50,51)/b38-36+. The molecule has 0 heterocycles. The molecule has 322 valence electrons. The summed E-state index contributed by atoms with van der Waals surface area (Å²) in [6.45, 7) is 4.65. The van der Waals surface area contributed by atoms with Gasteiger partial charge in [0.15, 0.2) is 0 Å². The minimum absolute atomic E-state index is 0.00204. The summed E-state index contributed by atoms with van der Waals surface area (Å²) >= 11 is 0. The summed E-state index contributed by atoms with van der Waals surface area (Å²) in [5.74, 6) is -0.195. The maximum absolute atomic E-state index is 12.8. The normalized spacial score (nSPS) is 14.4. The highest BCUT2D eigenvalue weighted by Gasteiger charge is 2.23. The predicted molar refractivity (Wildman–Crippen MR) is 229 cm³/mol. The molecular weight excluding hydrogens is 695 g/mol. The van der Waals surface area contributed by atoms with Gasteiger partial charge in [-0.3, -0.25) is 9.36 Å². The molecule has 3 unspecified atom stereocenters. The van der Waals surface area contributed by atoms with E-state index in [1.807, 2.05) is 27.2 Å². The van der Waals surface area contributed by atoms with Gasteiger partial charge in [-0.25, -0.2) is 0 Å². The monoisotopic (exact) mass is 787 g/mol. The number of hydrogen-bond acceptors (Lipinski definition) is 6. The quantitative estimate of drug-likeness (QED) is 0.0276. The molecule has 8 nitrogen and oxygen atoms in total. The predicted octanol–water partition coefficient (Wildman–Crippen LogP) is 12.1. The van der Waals surface area contributed by atoms with Crippen molar-refractivity contribution in [2.45, 2.75) is 231 Å². The van der Waals surface area contributed by atoms with Crippen LogP contribution in [0.1, 0.15) is 219 Å². The van der Waals surface area contributed by atoms with Gasteiger partial charge in [0.1, 0.15) is 13.2 Å². The van der Waals surface area contributed by atoms with Gasteiger partial charge in [0.2, 0.25) is 5.91 Å². The minimum Gasteiger partial charge on any atom is -0.756 e. The van der Waals surface area contributed by atoms with E-state index in [4.69, 9.17) is 9.05 Å². The van der Waals surface area contributed by atoms with Gasteiger partial charge in [0.25, 0.3) is 7.82 Å². The first kappa shape index (κ1) is 53.2. The van der Waals surface area contributed by atoms with Gasteiger partial charge in [-0.15, -0.1) is 0 Å². The number of carbonyl (C=O) groups is 1. The van der Waals surface area contributed by atoms with E-state index >= 15 is 0 Å². The number of allylic oxidation sites excluding steroid dienone is 1. The number of phosphoric acid groups is 1. The van der Waals surface area contributed by atoms with Crippen molar-refractivity contribution >= 4 is 13.7 Å². The Morgan fingerprint density at radius 1 is 0.630 bits per heavy atom. The Hall–Kier alpha value is -0.760. The van der Waals surface area contributed by atoms with Gasteiger partial charge in [-0.05, 0) is 19.3 Å². The molecule has 9 heteroatoms. The number of nitrogens with one attached hydrogen (secondary N) is 1. The second-order valence-electron chi connectivity index (χ2n) is 17.1. The number of nitrogens with zero attached hydrogens (tertiary/aromatic N) is 1. The Morgan fingerprint density at radius 3 is 1.39 bits per heavy atom. The highest BCUT2D eigenvalue weighted by Crippen LogP contribution is 2.38. The SMILES string of the molecule is CCCCCCCCCCCC/C=C/C(O)C(COP(=O)([O-])OCC[N+](C)(C)C)NC(=O)CCCCCCCCCCCCCCCCCCCCCC. The van der Waals surface area contributed by atoms with E-state index in [0.717, 1.165) is 38.5 Å². The molecule has 0 radical (unpaired) electrons. The average molecular weight is 787 g/mol. The summed E-state index contributed by atoms with van der Waals surface area (Å²) < 4.78 is 23.2. The molecule has 0 aliphatic heterocycles. The van der Waals surface area contributed by atoms with E-state index in [0.29, 0.717) is 17.4 Å². The smallest absolute Gasteiger partial charge is 0.268 e. The number of aliphatic hydroxyl groups is 1. The molecule has 0 saturated heterocycles. The van der Waals surface area contributed by atoms with Crippen LogP contribution >= 0.6 is 7.82 Å². The number of hydrogen-bond donors (Lipinski definition) is 2. The molecule has 0 aromatic heterocycles. The molecule has 0 aliphatic rings. The number of phosphoric ester groups is 1. The lowest BCUT2D eigenvalue weighted by Crippen LogP contribution is -2.45. The van der Waals surface area contributed by atoms with Gasteiger partial charge in [0, 0.05) is 6.42 Å². The number of rotatable bonds is 42. The van der Waals surface area contributed by atoms with Crippen LogP contribution in [0.25, 0.3) is 0 Å². The van der Waals surface area contributed by atoms with Crippen molar-refractivity contribution in [3.8, 4) is 0 Å². The number of carbonyl (C=O) groups excluding carboxylic acids is 1. The summed E-state index contributed by atoms with van der Waals surface area (Å²) in [6.07, 6.45) is 42.6. The van der Waals surface area contributed by atoms with Crippen molar-refractivity contribution < 1.29 is 32.9 Å². The maximum atomic E-state index is 12.8. The molecule has 0 aromatic rings. The highest BCUT2D eigenvalue weighted by atomic mass is 31.2. The molecule has 0 fully saturated rings. The summed E-state index contributed by atoms with van der Waals surface area (Å²) in [4.78, 5) is 25.3. The number of unbranched alkanes of at least 4 members (excludes halogenated alkanes) is 29. The van der Waals surface area contributed by atoms with Crippen molar-refractivity contribution in [3.05, 3.63) is 12.2 Å². The van der Waals surface area contributed by atoms with Crippen LogP contribution in [0.15, 0.2) is 12.2 Å². The number of likely N-dealkylation sites (N-methyl/N-ethyl adjacent to an activating group) is 1. The van der Waals surface area contributed by atoms with Crippen LogP contribution in [0.2, 0.25) is 0 Å². The highest BCUT2D eigenvalue weighted by molar-refractivity contribution is 7.45. The molecule has 54 heavy (non-hydrogen) atoms. The van der Waals surface area contributed by atoms with Gasteiger partial charge >= 0.3 is 0 Å². The summed E-state index contributed by atoms with van der Waals surface area (Å²) in [7, 11) is 1.27. The Morgan fingerprint density at radius 2 is 1.00 bits per heavy atom. The van der Waals surface area contributed by atoms with Crippen LogP contribution in [0.4, 0.5) is 0 Å². The fourth-order valence-electron chi connectivity index (χ4n) is 6.80. The summed E-state index contributed by atoms with van der Waals surface area (Å²) in [5, 5.41) is 13.8. The molecule has 0 aromatic carbocycles. The molecule has 0 rings (SSSR count). The van der Waals surface area contributed by atoms with Crippen LogP contribution in [0.3, 0.4) is 0 Å². The minimum atomic E-state index is -4.58. The van der Waals surface area contributed by atoms with Crippen molar-refractivity contribution in [3.63, 3.8) is 0 Å². The number of amides is 1. The molecule has 0 saturated carbocycles. The zero-order valence-corrected chi connectivity index (χ0v) is 37.3. The molecule has 1 amide bonds. The second kappa shape index (κ2) is 37.8. The van der Waals surface area contributed by atoms with E-state index in [1.165, 1.54) is 161 Å². The van der Waals surface area contributed by atoms with E-state index in [1.54, 1.807) is 6.08 Å². The van der Waals surface area contributed by atoms with Crippen LogP contribution in [0.5, 0.6) is 0 Å². The summed E-state index contributed by atoms with van der Waals surface area (Å²) in [5.41, 5.74) is 0. The summed E-state index contributed by atoms with van der Waals surface area (Å²) in [6, 6.07) is -0.879. The van der Waals surface area contributed by atoms with E-state index in [2.05, 4.69) is 19.2 Å². The average Bonchev–Trinajstić information content (AvgIpc) is 3.12. The number of aliphatic hydroxyl groups excluding tert-OH is 1. The molecular formula is C45H91N2O6P. The maximum Gasteiger partial charge on any atom is 0.268 e. The van der Waals surface area contributed by atoms with Crippen LogP contribution in [0, 0.1) is 0 Å². The third kappa shape index (κ3) is 39.5. The van der Waals surface area contributed by atoms with E-state index in [9.17, 15) is 19.4 Å². The van der Waals surface area contributed by atoms with Crippen LogP contribution in [-0.2, 0) is 18.4 Å². The third-order valence-electron chi connectivity index (χ3n) is 10.5. The second-order valence-corrected chi connectivity index (χ2v) is 18.5. The molecule has 2 N–H and O–H groups in total. The topological polar surface area (TPSA) is 108 Å². The molecule has 3 atom stereocenters. The van der Waals surface area contributed by atoms with Crippen LogP contribution < -0.4 is 10.2 Å². The first-order valence-corrected chi connectivity index (χ1v) is 24.5. The van der Waals surface area contributed by atoms with Gasteiger partial charge < -0.3 is 28.8 Å². The fraction of sp³-hybridized carbons (Fsp3) is 0.933. The van der Waals surface area contributed by atoms with Crippen LogP contribution in [-0.4, -0.2) is 68.5 Å². The lowest BCUT2D eigenvalue weighted by Gasteiger charge is -2.29. The first-order chi connectivity index (χ1) is 26.0. The van der Waals surface area contributed by atoms with Crippen molar-refractivity contribution in [1.29, 1.82) is 0 Å². The zero-order valence-electron chi connectivity index (χ0n) is 36.4. The Kier molecular flexibility index (Phi) is 37.3. The van der Waals surface area contributed by atoms with Gasteiger partial charge in [-0.1, -0.05) is 206 Å². The fourth-order valence-corrected chi connectivity index (χ4v) is 7.52. The van der Waals surface area contributed by atoms with Crippen molar-refractivity contribution in [2.24, 2.45) is 0 Å². The Balaban J connectivity index is 4.29. The van der Waals surface area contributed by atoms with E-state index in [-0.39, 0.29) is 19.1 Å². The molecule has 0 bridgehead atoms. The Labute approximate surface area is 335 Å².